The molecular weight excluding hydrogens is 384 g/mol. The van der Waals surface area contributed by atoms with Crippen LogP contribution in [0.25, 0.3) is 0 Å². The summed E-state index contributed by atoms with van der Waals surface area (Å²) in [5.41, 5.74) is 9.84. The van der Waals surface area contributed by atoms with Crippen LogP contribution in [0.3, 0.4) is 0 Å². The van der Waals surface area contributed by atoms with E-state index < -0.39 is 35.2 Å². The van der Waals surface area contributed by atoms with Gasteiger partial charge in [0.15, 0.2) is 5.66 Å². The number of aliphatic hydroxyl groups excluding tert-OH is 1. The van der Waals surface area contributed by atoms with E-state index in [0.29, 0.717) is 6.42 Å². The second kappa shape index (κ2) is 10.4. The molecule has 168 valence electrons. The topological polar surface area (TPSA) is 125 Å². The van der Waals surface area contributed by atoms with Gasteiger partial charge < -0.3 is 26.0 Å². The van der Waals surface area contributed by atoms with Gasteiger partial charge in [0.05, 0.1) is 5.92 Å². The van der Waals surface area contributed by atoms with Gasteiger partial charge in [-0.05, 0) is 38.7 Å². The van der Waals surface area contributed by atoms with Crippen LogP contribution in [0.15, 0.2) is 30.3 Å². The van der Waals surface area contributed by atoms with E-state index in [0.717, 1.165) is 31.2 Å². The molecule has 1 aromatic carbocycles. The Labute approximate surface area is 179 Å². The Morgan fingerprint density at radius 2 is 1.70 bits per heavy atom. The van der Waals surface area contributed by atoms with Crippen molar-refractivity contribution in [2.75, 3.05) is 0 Å². The van der Waals surface area contributed by atoms with Gasteiger partial charge in [-0.15, -0.1) is 0 Å². The van der Waals surface area contributed by atoms with Crippen molar-refractivity contribution in [2.24, 2.45) is 23.3 Å². The lowest BCUT2D eigenvalue weighted by molar-refractivity contribution is -0.171. The van der Waals surface area contributed by atoms with Crippen LogP contribution < -0.4 is 11.5 Å². The van der Waals surface area contributed by atoms with Crippen molar-refractivity contribution >= 4 is 11.9 Å². The third-order valence-corrected chi connectivity index (χ3v) is 5.46. The Bertz CT molecular complexity index is 693. The van der Waals surface area contributed by atoms with Gasteiger partial charge in [0.25, 0.3) is 0 Å². The summed E-state index contributed by atoms with van der Waals surface area (Å²) < 4.78 is 10.7. The number of benzene rings is 1. The second-order valence-corrected chi connectivity index (χ2v) is 9.32. The van der Waals surface area contributed by atoms with Gasteiger partial charge in [0, 0.05) is 0 Å². The predicted molar refractivity (Wildman–Crippen MR) is 114 cm³/mol. The van der Waals surface area contributed by atoms with Crippen LogP contribution >= 0.6 is 0 Å². The van der Waals surface area contributed by atoms with Crippen LogP contribution in [0.2, 0.25) is 0 Å². The Kier molecular flexibility index (Phi) is 8.41. The lowest BCUT2D eigenvalue weighted by Crippen LogP contribution is -2.68. The lowest BCUT2D eigenvalue weighted by Gasteiger charge is -2.36. The molecule has 0 amide bonds. The Morgan fingerprint density at radius 1 is 1.10 bits per heavy atom. The number of carbonyl (C=O) groups excluding carboxylic acids is 2. The van der Waals surface area contributed by atoms with Gasteiger partial charge in [-0.1, -0.05) is 62.4 Å². The normalized spacial score (nSPS) is 17.8. The molecule has 2 atom stereocenters. The fourth-order valence-corrected chi connectivity index (χ4v) is 3.82. The molecule has 1 aliphatic rings. The average Bonchev–Trinajstić information content (AvgIpc) is 2.69. The highest BCUT2D eigenvalue weighted by molar-refractivity contribution is 5.83. The molecule has 0 spiro atoms. The zero-order valence-corrected chi connectivity index (χ0v) is 18.3. The summed E-state index contributed by atoms with van der Waals surface area (Å²) in [7, 11) is 0. The zero-order chi connectivity index (χ0) is 22.4. The van der Waals surface area contributed by atoms with Crippen LogP contribution in [0.5, 0.6) is 0 Å². The van der Waals surface area contributed by atoms with E-state index in [2.05, 4.69) is 0 Å². The van der Waals surface area contributed by atoms with Crippen molar-refractivity contribution in [3.8, 4) is 0 Å². The summed E-state index contributed by atoms with van der Waals surface area (Å²) in [5, 5.41) is 11.0. The minimum absolute atomic E-state index is 0.0255. The quantitative estimate of drug-likeness (QED) is 0.436. The SMILES string of the molecule is CC(C)(C)OC(=O)[C@@H](CC1CCCCC1)[C@H](O)C(N)(N)C(=O)OCc1ccccc1. The fourth-order valence-electron chi connectivity index (χ4n) is 3.82. The molecule has 30 heavy (non-hydrogen) atoms. The maximum Gasteiger partial charge on any atom is 0.344 e. The molecule has 5 N–H and O–H groups in total. The lowest BCUT2D eigenvalue weighted by atomic mass is 9.78. The maximum atomic E-state index is 12.9. The largest absolute Gasteiger partial charge is 0.460 e. The Balaban J connectivity index is 2.12. The van der Waals surface area contributed by atoms with Crippen LogP contribution in [-0.4, -0.2) is 34.4 Å². The van der Waals surface area contributed by atoms with E-state index >= 15 is 0 Å². The summed E-state index contributed by atoms with van der Waals surface area (Å²) in [5.74, 6) is -2.32. The Hall–Kier alpha value is -1.96. The zero-order valence-electron chi connectivity index (χ0n) is 18.3. The summed E-state index contributed by atoms with van der Waals surface area (Å²) in [6, 6.07) is 9.08. The number of hydrogen-bond donors (Lipinski definition) is 3. The minimum atomic E-state index is -2.23. The summed E-state index contributed by atoms with van der Waals surface area (Å²) in [4.78, 5) is 25.5. The number of carbonyl (C=O) groups is 2. The van der Waals surface area contributed by atoms with Crippen LogP contribution in [0.4, 0.5) is 0 Å². The first kappa shape index (κ1) is 24.3. The molecule has 1 aliphatic carbocycles. The fraction of sp³-hybridized carbons (Fsp3) is 0.652. The number of ether oxygens (including phenoxy) is 2. The van der Waals surface area contributed by atoms with E-state index in [4.69, 9.17) is 20.9 Å². The predicted octanol–water partition coefficient (Wildman–Crippen LogP) is 2.63. The highest BCUT2D eigenvalue weighted by Crippen LogP contribution is 2.33. The number of esters is 2. The molecule has 2 rings (SSSR count). The average molecular weight is 421 g/mol. The van der Waals surface area contributed by atoms with Gasteiger partial charge >= 0.3 is 11.9 Å². The van der Waals surface area contributed by atoms with E-state index in [-0.39, 0.29) is 12.5 Å². The van der Waals surface area contributed by atoms with Crippen molar-refractivity contribution in [1.82, 2.24) is 0 Å². The van der Waals surface area contributed by atoms with Crippen LogP contribution in [-0.2, 0) is 25.7 Å². The van der Waals surface area contributed by atoms with Crippen molar-refractivity contribution in [1.29, 1.82) is 0 Å². The Morgan fingerprint density at radius 3 is 2.27 bits per heavy atom. The number of rotatable bonds is 8. The molecule has 0 saturated heterocycles. The highest BCUT2D eigenvalue weighted by Gasteiger charge is 2.47. The van der Waals surface area contributed by atoms with Crippen molar-refractivity contribution in [2.45, 2.75) is 83.3 Å². The van der Waals surface area contributed by atoms with Crippen molar-refractivity contribution < 1.29 is 24.2 Å². The monoisotopic (exact) mass is 420 g/mol. The number of aliphatic hydroxyl groups is 1. The van der Waals surface area contributed by atoms with E-state index in [1.165, 1.54) is 6.42 Å². The smallest absolute Gasteiger partial charge is 0.344 e. The number of nitrogens with two attached hydrogens (primary N) is 2. The molecule has 7 nitrogen and oxygen atoms in total. The van der Waals surface area contributed by atoms with E-state index in [1.54, 1.807) is 32.9 Å². The van der Waals surface area contributed by atoms with E-state index in [1.807, 2.05) is 18.2 Å². The first-order chi connectivity index (χ1) is 14.0. The van der Waals surface area contributed by atoms with Gasteiger partial charge in [0.1, 0.15) is 18.3 Å². The summed E-state index contributed by atoms with van der Waals surface area (Å²) in [6.07, 6.45) is 4.00. The standard InChI is InChI=1S/C23H36N2O5/c1-22(2,3)30-20(27)18(14-16-10-6-4-7-11-16)19(26)23(24,25)21(28)29-15-17-12-8-5-9-13-17/h5,8-9,12-13,16,18-19,26H,4,6-7,10-11,14-15,24-25H2,1-3H3/t18-,19-/m0/s1. The van der Waals surface area contributed by atoms with Gasteiger partial charge in [-0.25, -0.2) is 4.79 Å². The summed E-state index contributed by atoms with van der Waals surface area (Å²) >= 11 is 0. The summed E-state index contributed by atoms with van der Waals surface area (Å²) in [6.45, 7) is 5.23. The molecule has 0 heterocycles. The first-order valence-corrected chi connectivity index (χ1v) is 10.7. The molecule has 0 unspecified atom stereocenters. The maximum absolute atomic E-state index is 12.9. The van der Waals surface area contributed by atoms with E-state index in [9.17, 15) is 14.7 Å². The van der Waals surface area contributed by atoms with Crippen LogP contribution in [0, 0.1) is 11.8 Å². The molecule has 0 aromatic heterocycles. The molecular formula is C23H36N2O5. The molecule has 0 aliphatic heterocycles. The van der Waals surface area contributed by atoms with Gasteiger partial charge in [0.2, 0.25) is 0 Å². The molecule has 0 radical (unpaired) electrons. The first-order valence-electron chi connectivity index (χ1n) is 10.7. The minimum Gasteiger partial charge on any atom is -0.460 e. The number of hydrogen-bond acceptors (Lipinski definition) is 7. The van der Waals surface area contributed by atoms with Gasteiger partial charge in [-0.2, -0.15) is 0 Å². The van der Waals surface area contributed by atoms with Gasteiger partial charge in [-0.3, -0.25) is 4.79 Å². The third kappa shape index (κ3) is 7.07. The highest BCUT2D eigenvalue weighted by atomic mass is 16.6. The molecule has 7 heteroatoms. The molecule has 0 bridgehead atoms. The second-order valence-electron chi connectivity index (χ2n) is 9.32. The van der Waals surface area contributed by atoms with Crippen LogP contribution in [0.1, 0.15) is 64.9 Å². The molecule has 1 fully saturated rings. The van der Waals surface area contributed by atoms with Crippen molar-refractivity contribution in [3.63, 3.8) is 0 Å². The molecule has 1 aromatic rings. The third-order valence-electron chi connectivity index (χ3n) is 5.46. The van der Waals surface area contributed by atoms with Crippen molar-refractivity contribution in [3.05, 3.63) is 35.9 Å². The molecule has 1 saturated carbocycles.